The number of fused-ring (bicyclic) bond motifs is 1. The molecule has 2 amide bonds. The molecule has 3 rings (SSSR count). The summed E-state index contributed by atoms with van der Waals surface area (Å²) >= 11 is 13.3. The first-order chi connectivity index (χ1) is 13.3. The molecule has 2 aromatic carbocycles. The average Bonchev–Trinajstić information content (AvgIpc) is 2.67. The molecule has 0 saturated carbocycles. The van der Waals surface area contributed by atoms with E-state index in [0.717, 1.165) is 4.90 Å². The first-order valence-electron chi connectivity index (χ1n) is 8.50. The van der Waals surface area contributed by atoms with Crippen molar-refractivity contribution in [3.8, 4) is 5.75 Å². The number of hydrogen-bond donors (Lipinski definition) is 0. The first kappa shape index (κ1) is 20.6. The molecule has 0 N–H and O–H groups in total. The summed E-state index contributed by atoms with van der Waals surface area (Å²) in [6, 6.07) is 10.1. The minimum absolute atomic E-state index is 0.244. The summed E-state index contributed by atoms with van der Waals surface area (Å²) in [6.45, 7) is 3.64. The van der Waals surface area contributed by atoms with Gasteiger partial charge in [0.05, 0.1) is 32.9 Å². The van der Waals surface area contributed by atoms with Crippen molar-refractivity contribution in [2.75, 3.05) is 22.9 Å². The minimum Gasteiger partial charge on any atom is -0.479 e. The van der Waals surface area contributed by atoms with Crippen LogP contribution in [0.3, 0.4) is 0 Å². The van der Waals surface area contributed by atoms with Crippen LogP contribution in [-0.2, 0) is 9.53 Å². The maximum Gasteiger partial charge on any atom is 0.347 e. The third-order valence-corrected chi connectivity index (χ3v) is 5.84. The maximum absolute atomic E-state index is 12.9. The first-order valence-corrected chi connectivity index (χ1v) is 10.0. The fourth-order valence-corrected chi connectivity index (χ4v) is 3.90. The molecule has 0 aliphatic carbocycles. The summed E-state index contributed by atoms with van der Waals surface area (Å²) < 4.78 is 12.1. The van der Waals surface area contributed by atoms with Crippen LogP contribution in [0.4, 0.5) is 16.2 Å². The van der Waals surface area contributed by atoms with Crippen molar-refractivity contribution in [2.45, 2.75) is 24.8 Å². The van der Waals surface area contributed by atoms with Gasteiger partial charge in [-0.05, 0) is 56.1 Å². The Kier molecular flexibility index (Phi) is 6.27. The van der Waals surface area contributed by atoms with E-state index >= 15 is 0 Å². The topological polar surface area (TPSA) is 59.1 Å². The fourth-order valence-electron chi connectivity index (χ4n) is 2.57. The van der Waals surface area contributed by atoms with E-state index in [0.29, 0.717) is 27.2 Å². The highest BCUT2D eigenvalue weighted by Crippen LogP contribution is 2.43. The Hall–Kier alpha value is -2.09. The molecule has 0 unspecified atom stereocenters. The number of esters is 1. The van der Waals surface area contributed by atoms with Crippen LogP contribution < -0.4 is 13.9 Å². The summed E-state index contributed by atoms with van der Waals surface area (Å²) in [5.74, 6) is 0.0346. The Morgan fingerprint density at radius 3 is 2.61 bits per heavy atom. The third kappa shape index (κ3) is 4.16. The van der Waals surface area contributed by atoms with Gasteiger partial charge < -0.3 is 9.47 Å². The molecule has 2 aromatic rings. The summed E-state index contributed by atoms with van der Waals surface area (Å²) in [4.78, 5) is 27.0. The second-order valence-electron chi connectivity index (χ2n) is 5.97. The smallest absolute Gasteiger partial charge is 0.347 e. The lowest BCUT2D eigenvalue weighted by Gasteiger charge is -2.34. The molecule has 148 valence electrons. The maximum atomic E-state index is 12.9. The quantitative estimate of drug-likeness (QED) is 0.459. The summed E-state index contributed by atoms with van der Waals surface area (Å²) in [7, 11) is 1.67. The number of nitrogens with zero attached hydrogens (tertiary/aromatic N) is 2. The van der Waals surface area contributed by atoms with Gasteiger partial charge in [-0.1, -0.05) is 23.2 Å². The van der Waals surface area contributed by atoms with Crippen molar-refractivity contribution >= 4 is 58.5 Å². The molecule has 28 heavy (non-hydrogen) atoms. The summed E-state index contributed by atoms with van der Waals surface area (Å²) in [6.07, 6.45) is -0.747. The highest BCUT2D eigenvalue weighted by molar-refractivity contribution is 8.01. The highest BCUT2D eigenvalue weighted by atomic mass is 35.5. The van der Waals surface area contributed by atoms with E-state index in [2.05, 4.69) is 0 Å². The lowest BCUT2D eigenvalue weighted by Crippen LogP contribution is -2.40. The monoisotopic (exact) mass is 440 g/mol. The normalized spacial score (nSPS) is 14.5. The Labute approximate surface area is 177 Å². The number of anilines is 2. The molecule has 0 saturated heterocycles. The second kappa shape index (κ2) is 8.51. The number of carbonyl (C=O) groups excluding carboxylic acids is 2. The van der Waals surface area contributed by atoms with Gasteiger partial charge in [0.15, 0.2) is 6.10 Å². The molecule has 1 aliphatic rings. The second-order valence-corrected chi connectivity index (χ2v) is 7.77. The van der Waals surface area contributed by atoms with E-state index in [-0.39, 0.29) is 12.6 Å². The standard InChI is InChI=1S/C19H18Cl2N2O4S/c1-4-26-18(24)11(2)27-13-6-8-17-16(10-13)22(3)19(25)23(28-17)12-5-7-14(20)15(21)9-12/h5-11H,4H2,1-3H3/t11-/m1/s1. The predicted molar refractivity (Wildman–Crippen MR) is 112 cm³/mol. The van der Waals surface area contributed by atoms with Gasteiger partial charge in [0.25, 0.3) is 0 Å². The van der Waals surface area contributed by atoms with E-state index in [1.807, 2.05) is 6.07 Å². The molecule has 0 bridgehead atoms. The molecule has 1 atom stereocenters. The SMILES string of the molecule is CCOC(=O)[C@@H](C)Oc1ccc2c(c1)N(C)C(=O)N(c1ccc(Cl)c(Cl)c1)S2. The van der Waals surface area contributed by atoms with Gasteiger partial charge in [-0.2, -0.15) is 0 Å². The molecular formula is C19H18Cl2N2O4S. The number of urea groups is 1. The van der Waals surface area contributed by atoms with Gasteiger partial charge in [0.2, 0.25) is 0 Å². The molecule has 6 nitrogen and oxygen atoms in total. The van der Waals surface area contributed by atoms with Gasteiger partial charge in [0.1, 0.15) is 5.75 Å². The fraction of sp³-hybridized carbons (Fsp3) is 0.263. The van der Waals surface area contributed by atoms with Gasteiger partial charge in [-0.3, -0.25) is 4.90 Å². The molecule has 0 spiro atoms. The zero-order chi connectivity index (χ0) is 20.4. The van der Waals surface area contributed by atoms with E-state index in [9.17, 15) is 9.59 Å². The number of halogens is 2. The largest absolute Gasteiger partial charge is 0.479 e. The number of hydrogen-bond acceptors (Lipinski definition) is 5. The van der Waals surface area contributed by atoms with E-state index in [1.165, 1.54) is 21.2 Å². The van der Waals surface area contributed by atoms with Crippen LogP contribution in [0.5, 0.6) is 5.75 Å². The Morgan fingerprint density at radius 2 is 1.93 bits per heavy atom. The average molecular weight is 441 g/mol. The number of ether oxygens (including phenoxy) is 2. The van der Waals surface area contributed by atoms with Crippen LogP contribution in [0, 0.1) is 0 Å². The molecule has 9 heteroatoms. The van der Waals surface area contributed by atoms with E-state index < -0.39 is 12.1 Å². The highest BCUT2D eigenvalue weighted by Gasteiger charge is 2.31. The number of amides is 2. The lowest BCUT2D eigenvalue weighted by molar-refractivity contribution is -0.150. The minimum atomic E-state index is -0.747. The van der Waals surface area contributed by atoms with Crippen LogP contribution in [-0.4, -0.2) is 31.8 Å². The molecule has 0 radical (unpaired) electrons. The Bertz CT molecular complexity index is 925. The number of rotatable bonds is 5. The van der Waals surface area contributed by atoms with Crippen molar-refractivity contribution in [3.63, 3.8) is 0 Å². The van der Waals surface area contributed by atoms with Gasteiger partial charge in [-0.25, -0.2) is 13.9 Å². The number of carbonyl (C=O) groups is 2. The van der Waals surface area contributed by atoms with Gasteiger partial charge >= 0.3 is 12.0 Å². The zero-order valence-electron chi connectivity index (χ0n) is 15.4. The zero-order valence-corrected chi connectivity index (χ0v) is 17.8. The van der Waals surface area contributed by atoms with Crippen LogP contribution in [0.15, 0.2) is 41.3 Å². The van der Waals surface area contributed by atoms with E-state index in [1.54, 1.807) is 51.2 Å². The lowest BCUT2D eigenvalue weighted by atomic mass is 10.2. The van der Waals surface area contributed by atoms with Crippen LogP contribution >= 0.6 is 35.1 Å². The van der Waals surface area contributed by atoms with Crippen molar-refractivity contribution in [1.82, 2.24) is 0 Å². The molecule has 0 aromatic heterocycles. The summed E-state index contributed by atoms with van der Waals surface area (Å²) in [5.41, 5.74) is 1.30. The van der Waals surface area contributed by atoms with Crippen molar-refractivity contribution < 1.29 is 19.1 Å². The van der Waals surface area contributed by atoms with Crippen molar-refractivity contribution in [2.24, 2.45) is 0 Å². The van der Waals surface area contributed by atoms with Crippen molar-refractivity contribution in [3.05, 3.63) is 46.4 Å². The predicted octanol–water partition coefficient (Wildman–Crippen LogP) is 5.41. The van der Waals surface area contributed by atoms with Crippen LogP contribution in [0.25, 0.3) is 0 Å². The van der Waals surface area contributed by atoms with Gasteiger partial charge in [0, 0.05) is 13.1 Å². The summed E-state index contributed by atoms with van der Waals surface area (Å²) in [5, 5.41) is 0.795. The van der Waals surface area contributed by atoms with Crippen LogP contribution in [0.1, 0.15) is 13.8 Å². The molecule has 1 aliphatic heterocycles. The number of benzene rings is 2. The van der Waals surface area contributed by atoms with Crippen molar-refractivity contribution in [1.29, 1.82) is 0 Å². The van der Waals surface area contributed by atoms with Gasteiger partial charge in [-0.15, -0.1) is 0 Å². The molecule has 1 heterocycles. The molecular weight excluding hydrogens is 423 g/mol. The third-order valence-electron chi connectivity index (χ3n) is 4.01. The van der Waals surface area contributed by atoms with Crippen LogP contribution in [0.2, 0.25) is 10.0 Å². The van der Waals surface area contributed by atoms with E-state index in [4.69, 9.17) is 32.7 Å². The Morgan fingerprint density at radius 1 is 1.18 bits per heavy atom. The molecule has 0 fully saturated rings. The Balaban J connectivity index is 1.84.